The fraction of sp³-hybridized carbons (Fsp3) is 0.143. The van der Waals surface area contributed by atoms with Crippen molar-refractivity contribution >= 4 is 22.9 Å². The van der Waals surface area contributed by atoms with Crippen LogP contribution in [0.25, 0.3) is 17.0 Å². The minimum absolute atomic E-state index is 0.466. The van der Waals surface area contributed by atoms with Gasteiger partial charge in [0.1, 0.15) is 0 Å². The molecular formula is C14H11NO2. The topological polar surface area (TPSA) is 50.2 Å². The number of rotatable bonds is 1. The van der Waals surface area contributed by atoms with E-state index in [0.29, 0.717) is 6.42 Å². The van der Waals surface area contributed by atoms with Gasteiger partial charge in [0.2, 0.25) is 0 Å². The van der Waals surface area contributed by atoms with Gasteiger partial charge in [0.25, 0.3) is 0 Å². The van der Waals surface area contributed by atoms with Crippen LogP contribution in [0.1, 0.15) is 23.6 Å². The van der Waals surface area contributed by atoms with E-state index in [1.54, 1.807) is 0 Å². The summed E-state index contributed by atoms with van der Waals surface area (Å²) >= 11 is 0. The quantitative estimate of drug-likeness (QED) is 0.811. The number of aliphatic carboxylic acids is 1. The molecule has 3 nitrogen and oxygen atoms in total. The zero-order valence-electron chi connectivity index (χ0n) is 9.13. The number of aromatic nitrogens is 1. The normalized spacial score (nSPS) is 18.0. The summed E-state index contributed by atoms with van der Waals surface area (Å²) in [5, 5.41) is 10.2. The van der Waals surface area contributed by atoms with Crippen LogP contribution in [0.15, 0.2) is 36.4 Å². The van der Waals surface area contributed by atoms with Crippen molar-refractivity contribution in [2.75, 3.05) is 0 Å². The number of allylic oxidation sites excluding steroid dienone is 1. The molecule has 1 atom stereocenters. The van der Waals surface area contributed by atoms with Gasteiger partial charge < -0.3 is 5.11 Å². The summed E-state index contributed by atoms with van der Waals surface area (Å²) in [6, 6.07) is 9.71. The zero-order chi connectivity index (χ0) is 11.8. The molecule has 0 fully saturated rings. The smallest absolute Gasteiger partial charge is 0.311 e. The number of carbonyl (C=O) groups is 1. The summed E-state index contributed by atoms with van der Waals surface area (Å²) in [6.07, 6.45) is 4.33. The zero-order valence-corrected chi connectivity index (χ0v) is 9.13. The first kappa shape index (κ1) is 10.0. The fourth-order valence-corrected chi connectivity index (χ4v) is 2.24. The van der Waals surface area contributed by atoms with Crippen LogP contribution in [-0.4, -0.2) is 16.1 Å². The van der Waals surface area contributed by atoms with Gasteiger partial charge in [0.05, 0.1) is 17.1 Å². The highest BCUT2D eigenvalue weighted by molar-refractivity contribution is 5.86. The predicted octanol–water partition coefficient (Wildman–Crippen LogP) is 2.82. The molecular weight excluding hydrogens is 214 g/mol. The SMILES string of the molecule is O=C(O)C1CC=Cc2nc3ccccc3cc21. The summed E-state index contributed by atoms with van der Waals surface area (Å²) in [4.78, 5) is 15.7. The lowest BCUT2D eigenvalue weighted by Crippen LogP contribution is -2.15. The van der Waals surface area contributed by atoms with Crippen molar-refractivity contribution < 1.29 is 9.90 Å². The standard InChI is InChI=1S/C14H11NO2/c16-14(17)10-5-3-7-13-11(10)8-9-4-1-2-6-12(9)15-13/h1-4,6-8,10H,5H2,(H,16,17). The molecule has 0 aliphatic heterocycles. The highest BCUT2D eigenvalue weighted by atomic mass is 16.4. The van der Waals surface area contributed by atoms with Crippen LogP contribution >= 0.6 is 0 Å². The molecule has 0 spiro atoms. The van der Waals surface area contributed by atoms with Gasteiger partial charge in [-0.2, -0.15) is 0 Å². The van der Waals surface area contributed by atoms with E-state index >= 15 is 0 Å². The van der Waals surface area contributed by atoms with Crippen molar-refractivity contribution in [1.82, 2.24) is 4.98 Å². The second-order valence-corrected chi connectivity index (χ2v) is 4.18. The second-order valence-electron chi connectivity index (χ2n) is 4.18. The molecule has 3 heteroatoms. The van der Waals surface area contributed by atoms with E-state index in [2.05, 4.69) is 4.98 Å². The molecule has 3 rings (SSSR count). The van der Waals surface area contributed by atoms with Gasteiger partial charge in [0.15, 0.2) is 0 Å². The number of carboxylic acid groups (broad SMARTS) is 1. The summed E-state index contributed by atoms with van der Waals surface area (Å²) in [5.74, 6) is -1.25. The third-order valence-corrected chi connectivity index (χ3v) is 3.11. The number of hydrogen-bond acceptors (Lipinski definition) is 2. The maximum absolute atomic E-state index is 11.2. The highest BCUT2D eigenvalue weighted by Crippen LogP contribution is 2.31. The van der Waals surface area contributed by atoms with E-state index < -0.39 is 11.9 Å². The fourth-order valence-electron chi connectivity index (χ4n) is 2.24. The molecule has 0 bridgehead atoms. The maximum atomic E-state index is 11.2. The van der Waals surface area contributed by atoms with Crippen molar-refractivity contribution in [3.63, 3.8) is 0 Å². The first-order valence-corrected chi connectivity index (χ1v) is 5.55. The molecule has 0 radical (unpaired) electrons. The number of pyridine rings is 1. The highest BCUT2D eigenvalue weighted by Gasteiger charge is 2.24. The van der Waals surface area contributed by atoms with Crippen LogP contribution in [0.2, 0.25) is 0 Å². The van der Waals surface area contributed by atoms with Crippen LogP contribution in [0.5, 0.6) is 0 Å². The third-order valence-electron chi connectivity index (χ3n) is 3.11. The van der Waals surface area contributed by atoms with Crippen LogP contribution in [0, 0.1) is 0 Å². The number of carboxylic acids is 1. The molecule has 0 saturated carbocycles. The first-order valence-electron chi connectivity index (χ1n) is 5.55. The molecule has 2 aromatic rings. The lowest BCUT2D eigenvalue weighted by atomic mass is 9.89. The van der Waals surface area contributed by atoms with E-state index in [1.807, 2.05) is 42.5 Å². The maximum Gasteiger partial charge on any atom is 0.311 e. The molecule has 1 aliphatic rings. The lowest BCUT2D eigenvalue weighted by molar-refractivity contribution is -0.138. The molecule has 1 aromatic heterocycles. The predicted molar refractivity (Wildman–Crippen MR) is 65.8 cm³/mol. The van der Waals surface area contributed by atoms with E-state index in [1.165, 1.54) is 0 Å². The van der Waals surface area contributed by atoms with Crippen LogP contribution in [0.4, 0.5) is 0 Å². The molecule has 0 saturated heterocycles. The van der Waals surface area contributed by atoms with Crippen molar-refractivity contribution in [3.05, 3.63) is 47.7 Å². The molecule has 84 valence electrons. The Hall–Kier alpha value is -2.16. The van der Waals surface area contributed by atoms with Gasteiger partial charge in [-0.05, 0) is 30.2 Å². The monoisotopic (exact) mass is 225 g/mol. The Bertz CT molecular complexity index is 631. The summed E-state index contributed by atoms with van der Waals surface area (Å²) < 4.78 is 0. The van der Waals surface area contributed by atoms with Crippen molar-refractivity contribution in [1.29, 1.82) is 0 Å². The lowest BCUT2D eigenvalue weighted by Gasteiger charge is -2.17. The molecule has 1 aromatic carbocycles. The van der Waals surface area contributed by atoms with Crippen molar-refractivity contribution in [2.24, 2.45) is 0 Å². The molecule has 0 amide bonds. The van der Waals surface area contributed by atoms with Gasteiger partial charge >= 0.3 is 5.97 Å². The van der Waals surface area contributed by atoms with E-state index in [0.717, 1.165) is 22.2 Å². The summed E-state index contributed by atoms with van der Waals surface area (Å²) in [7, 11) is 0. The number of hydrogen-bond donors (Lipinski definition) is 1. The minimum atomic E-state index is -0.785. The summed E-state index contributed by atoms with van der Waals surface area (Å²) in [5.41, 5.74) is 2.50. The van der Waals surface area contributed by atoms with E-state index in [9.17, 15) is 9.90 Å². The Morgan fingerprint density at radius 3 is 3.00 bits per heavy atom. The molecule has 1 N–H and O–H groups in total. The average Bonchev–Trinajstić information content (AvgIpc) is 2.35. The third kappa shape index (κ3) is 1.60. The van der Waals surface area contributed by atoms with E-state index in [-0.39, 0.29) is 0 Å². The Labute approximate surface area is 98.4 Å². The van der Waals surface area contributed by atoms with Crippen LogP contribution in [0.3, 0.4) is 0 Å². The van der Waals surface area contributed by atoms with Crippen LogP contribution in [-0.2, 0) is 4.79 Å². The Balaban J connectivity index is 2.27. The summed E-state index contributed by atoms with van der Waals surface area (Å²) in [6.45, 7) is 0. The van der Waals surface area contributed by atoms with Gasteiger partial charge in [-0.1, -0.05) is 24.3 Å². The Morgan fingerprint density at radius 2 is 2.18 bits per heavy atom. The molecule has 1 heterocycles. The second kappa shape index (κ2) is 3.70. The van der Waals surface area contributed by atoms with Crippen molar-refractivity contribution in [3.8, 4) is 0 Å². The largest absolute Gasteiger partial charge is 0.481 e. The van der Waals surface area contributed by atoms with Crippen molar-refractivity contribution in [2.45, 2.75) is 12.3 Å². The van der Waals surface area contributed by atoms with Gasteiger partial charge in [0, 0.05) is 5.39 Å². The van der Waals surface area contributed by atoms with Gasteiger partial charge in [-0.15, -0.1) is 0 Å². The molecule has 17 heavy (non-hydrogen) atoms. The number of benzene rings is 1. The Kier molecular flexibility index (Phi) is 2.18. The first-order chi connectivity index (χ1) is 8.25. The molecule has 1 unspecified atom stereocenters. The van der Waals surface area contributed by atoms with Gasteiger partial charge in [-0.3, -0.25) is 4.79 Å². The van der Waals surface area contributed by atoms with E-state index in [4.69, 9.17) is 0 Å². The molecule has 1 aliphatic carbocycles. The average molecular weight is 225 g/mol. The number of fused-ring (bicyclic) bond motifs is 2. The minimum Gasteiger partial charge on any atom is -0.481 e. The Morgan fingerprint density at radius 1 is 1.35 bits per heavy atom. The van der Waals surface area contributed by atoms with Crippen LogP contribution < -0.4 is 0 Å². The number of nitrogens with zero attached hydrogens (tertiary/aromatic N) is 1. The number of para-hydroxylation sites is 1. The van der Waals surface area contributed by atoms with Gasteiger partial charge in [-0.25, -0.2) is 4.98 Å².